The molecular formula is C90H70. The molecule has 2 aliphatic rings. The van der Waals surface area contributed by atoms with Gasteiger partial charge in [-0.05, 0) is 224 Å². The third kappa shape index (κ3) is 8.13. The SMILES string of the molecule is CCCc1ccc(-c2c3ccccc3c(-c3ccc4c(c3)C(C)(C)c3cc(-c5ccc6c(c5)C(C)(C)c5cc(-c7c8ccccc8c(-c8c9ccccc9c(-c9ccc(CCC)cc9)c9ccccc89)c8ccccc78)ccc5-6)ccc3-4)c3ccccc23)cc1. The van der Waals surface area contributed by atoms with Crippen LogP contribution in [0.5, 0.6) is 0 Å². The third-order valence-electron chi connectivity index (χ3n) is 20.9. The predicted octanol–water partition coefficient (Wildman–Crippen LogP) is 25.1. The predicted molar refractivity (Wildman–Crippen MR) is 387 cm³/mol. The van der Waals surface area contributed by atoms with Gasteiger partial charge in [-0.1, -0.05) is 297 Å². The molecular weight excluding hydrogens is 1080 g/mol. The molecule has 0 fully saturated rings. The highest BCUT2D eigenvalue weighted by Gasteiger charge is 2.39. The van der Waals surface area contributed by atoms with Crippen molar-refractivity contribution < 1.29 is 0 Å². The van der Waals surface area contributed by atoms with E-state index in [1.54, 1.807) is 0 Å². The third-order valence-corrected chi connectivity index (χ3v) is 20.9. The summed E-state index contributed by atoms with van der Waals surface area (Å²) in [6.07, 6.45) is 4.47. The van der Waals surface area contributed by atoms with E-state index in [1.807, 2.05) is 0 Å². The molecule has 17 rings (SSSR count). The molecule has 15 aromatic carbocycles. The summed E-state index contributed by atoms with van der Waals surface area (Å²) in [6, 6.07) is 103. The molecule has 0 aliphatic heterocycles. The average Bonchev–Trinajstić information content (AvgIpc) is 1.08. The lowest BCUT2D eigenvalue weighted by molar-refractivity contribution is 0.660. The molecule has 0 N–H and O–H groups in total. The Balaban J connectivity index is 0.737. The number of rotatable bonds is 10. The normalized spacial score (nSPS) is 13.6. The summed E-state index contributed by atoms with van der Waals surface area (Å²) in [6.45, 7) is 14.3. The Labute approximate surface area is 528 Å². The van der Waals surface area contributed by atoms with Gasteiger partial charge in [-0.15, -0.1) is 0 Å². The van der Waals surface area contributed by atoms with Crippen molar-refractivity contribution in [2.45, 2.75) is 78.1 Å². The van der Waals surface area contributed by atoms with Crippen molar-refractivity contribution in [2.24, 2.45) is 0 Å². The Bertz CT molecular complexity index is 5300. The van der Waals surface area contributed by atoms with E-state index in [-0.39, 0.29) is 10.8 Å². The molecule has 0 nitrogen and oxygen atoms in total. The summed E-state index contributed by atoms with van der Waals surface area (Å²) >= 11 is 0. The molecule has 0 aromatic heterocycles. The number of benzene rings is 15. The van der Waals surface area contributed by atoms with Gasteiger partial charge in [0.1, 0.15) is 0 Å². The van der Waals surface area contributed by atoms with Gasteiger partial charge in [0.2, 0.25) is 0 Å². The quantitative estimate of drug-likeness (QED) is 0.120. The molecule has 0 radical (unpaired) electrons. The van der Waals surface area contributed by atoms with Gasteiger partial charge in [-0.2, -0.15) is 0 Å². The Morgan fingerprint density at radius 1 is 0.211 bits per heavy atom. The lowest BCUT2D eigenvalue weighted by Crippen LogP contribution is -2.15. The monoisotopic (exact) mass is 1150 g/mol. The molecule has 0 unspecified atom stereocenters. The van der Waals surface area contributed by atoms with E-state index in [0.29, 0.717) is 0 Å². The van der Waals surface area contributed by atoms with Gasteiger partial charge in [-0.25, -0.2) is 0 Å². The average molecular weight is 1150 g/mol. The maximum Gasteiger partial charge on any atom is 0.0159 e. The molecule has 430 valence electrons. The highest BCUT2D eigenvalue weighted by atomic mass is 14.4. The summed E-state index contributed by atoms with van der Waals surface area (Å²) in [5.74, 6) is 0. The Hall–Kier alpha value is -10.1. The second kappa shape index (κ2) is 20.7. The lowest BCUT2D eigenvalue weighted by atomic mass is 9.78. The highest BCUT2D eigenvalue weighted by Crippen LogP contribution is 2.56. The van der Waals surface area contributed by atoms with Crippen LogP contribution >= 0.6 is 0 Å². The first-order valence-electron chi connectivity index (χ1n) is 32.7. The van der Waals surface area contributed by atoms with Gasteiger partial charge >= 0.3 is 0 Å². The van der Waals surface area contributed by atoms with Crippen LogP contribution in [-0.4, -0.2) is 0 Å². The number of fused-ring (bicyclic) bond motifs is 12. The first-order chi connectivity index (χ1) is 44.1. The molecule has 2 aliphatic carbocycles. The fraction of sp³-hybridized carbons (Fsp3) is 0.133. The largest absolute Gasteiger partial charge is 0.0651 e. The van der Waals surface area contributed by atoms with E-state index in [4.69, 9.17) is 0 Å². The molecule has 0 heteroatoms. The van der Waals surface area contributed by atoms with Gasteiger partial charge in [0.25, 0.3) is 0 Å². The molecule has 0 heterocycles. The summed E-state index contributed by atoms with van der Waals surface area (Å²) in [5, 5.41) is 15.3. The number of hydrogen-bond acceptors (Lipinski definition) is 0. The van der Waals surface area contributed by atoms with Crippen LogP contribution in [0, 0.1) is 0 Å². The van der Waals surface area contributed by atoms with E-state index in [2.05, 4.69) is 308 Å². The smallest absolute Gasteiger partial charge is 0.0159 e. The van der Waals surface area contributed by atoms with E-state index < -0.39 is 0 Å². The molecule has 15 aromatic rings. The van der Waals surface area contributed by atoms with E-state index in [0.717, 1.165) is 25.7 Å². The molecule has 0 atom stereocenters. The van der Waals surface area contributed by atoms with Crippen LogP contribution in [-0.2, 0) is 23.7 Å². The van der Waals surface area contributed by atoms with Gasteiger partial charge in [0.05, 0.1) is 0 Å². The zero-order valence-corrected chi connectivity index (χ0v) is 52.2. The Morgan fingerprint density at radius 2 is 0.411 bits per heavy atom. The topological polar surface area (TPSA) is 0 Å². The van der Waals surface area contributed by atoms with Crippen LogP contribution in [0.1, 0.15) is 87.8 Å². The van der Waals surface area contributed by atoms with Crippen LogP contribution < -0.4 is 0 Å². The van der Waals surface area contributed by atoms with Crippen molar-refractivity contribution in [1.82, 2.24) is 0 Å². The summed E-state index contributed by atoms with van der Waals surface area (Å²) in [4.78, 5) is 0. The van der Waals surface area contributed by atoms with Crippen LogP contribution in [0.2, 0.25) is 0 Å². The van der Waals surface area contributed by atoms with Crippen molar-refractivity contribution >= 4 is 64.6 Å². The summed E-state index contributed by atoms with van der Waals surface area (Å²) < 4.78 is 0. The van der Waals surface area contributed by atoms with E-state index in [9.17, 15) is 0 Å². The van der Waals surface area contributed by atoms with Gasteiger partial charge in [0.15, 0.2) is 0 Å². The van der Waals surface area contributed by atoms with Crippen molar-refractivity contribution in [1.29, 1.82) is 0 Å². The van der Waals surface area contributed by atoms with Crippen LogP contribution in [0.15, 0.2) is 267 Å². The lowest BCUT2D eigenvalue weighted by Gasteiger charge is -2.24. The van der Waals surface area contributed by atoms with E-state index in [1.165, 1.54) is 187 Å². The summed E-state index contributed by atoms with van der Waals surface area (Å²) in [5.41, 5.74) is 28.5. The molecule has 0 saturated carbocycles. The van der Waals surface area contributed by atoms with Crippen molar-refractivity contribution in [2.75, 3.05) is 0 Å². The molecule has 0 spiro atoms. The van der Waals surface area contributed by atoms with Crippen LogP contribution in [0.3, 0.4) is 0 Å². The maximum absolute atomic E-state index is 2.53. The Morgan fingerprint density at radius 3 is 0.656 bits per heavy atom. The van der Waals surface area contributed by atoms with Crippen LogP contribution in [0.25, 0.3) is 154 Å². The minimum Gasteiger partial charge on any atom is -0.0651 e. The van der Waals surface area contributed by atoms with Crippen molar-refractivity contribution in [3.8, 4) is 89.0 Å². The van der Waals surface area contributed by atoms with Gasteiger partial charge < -0.3 is 0 Å². The summed E-state index contributed by atoms with van der Waals surface area (Å²) in [7, 11) is 0. The number of aryl methyl sites for hydroxylation is 2. The maximum atomic E-state index is 2.53. The molecule has 0 saturated heterocycles. The second-order valence-electron chi connectivity index (χ2n) is 26.7. The van der Waals surface area contributed by atoms with E-state index >= 15 is 0 Å². The second-order valence-corrected chi connectivity index (χ2v) is 26.7. The van der Waals surface area contributed by atoms with Crippen LogP contribution in [0.4, 0.5) is 0 Å². The fourth-order valence-electron chi connectivity index (χ4n) is 16.6. The van der Waals surface area contributed by atoms with Crippen molar-refractivity contribution in [3.05, 3.63) is 300 Å². The fourth-order valence-corrected chi connectivity index (χ4v) is 16.6. The standard InChI is InChI=1S/C90H70/c1-7-21-55-35-39-57(40-36-55)83-67-23-9-11-25-69(67)85(70-26-12-10-24-68(70)83)61-45-49-65-63-47-43-59(51-79(63)89(3,4)81(65)53-61)60-44-48-64-66-50-46-62(54-82(66)90(5,6)80(64)52-60)86-73-29-15-19-33-77(73)88(78-34-20-16-30-74(78)86)87-75-31-17-13-27-71(75)84(72-28-14-18-32-76(72)87)58-41-37-56(22-8-2)38-42-58/h9-20,23-54H,7-8,21-22H2,1-6H3. The first kappa shape index (κ1) is 54.0. The number of hydrogen-bond donors (Lipinski definition) is 0. The van der Waals surface area contributed by atoms with Crippen molar-refractivity contribution in [3.63, 3.8) is 0 Å². The van der Waals surface area contributed by atoms with Gasteiger partial charge in [-0.3, -0.25) is 0 Å². The van der Waals surface area contributed by atoms with Gasteiger partial charge in [0, 0.05) is 10.8 Å². The Kier molecular flexibility index (Phi) is 12.4. The minimum absolute atomic E-state index is 0.217. The highest BCUT2D eigenvalue weighted by molar-refractivity contribution is 6.30. The molecule has 0 bridgehead atoms. The zero-order valence-electron chi connectivity index (χ0n) is 52.2. The minimum atomic E-state index is -0.243. The molecule has 0 amide bonds. The zero-order chi connectivity index (χ0) is 60.6. The molecule has 90 heavy (non-hydrogen) atoms. The first-order valence-corrected chi connectivity index (χ1v) is 32.7.